The standard InChI is InChI=1S/C14H23N3O/c1-4-14(2)11-17(8-7-16-14)10-12-5-6-13(18-3)15-9-12/h5-6,9,16H,4,7-8,10-11H2,1-3H3. The van der Waals surface area contributed by atoms with Gasteiger partial charge in [0.25, 0.3) is 0 Å². The molecule has 1 atom stereocenters. The SMILES string of the molecule is CCC1(C)CN(Cc2ccc(OC)nc2)CCN1. The van der Waals surface area contributed by atoms with Gasteiger partial charge in [0.2, 0.25) is 5.88 Å². The zero-order valence-corrected chi connectivity index (χ0v) is 11.6. The summed E-state index contributed by atoms with van der Waals surface area (Å²) in [7, 11) is 1.64. The first-order valence-corrected chi connectivity index (χ1v) is 6.61. The molecule has 0 aromatic carbocycles. The van der Waals surface area contributed by atoms with Gasteiger partial charge in [-0.15, -0.1) is 0 Å². The fourth-order valence-electron chi connectivity index (χ4n) is 2.40. The minimum absolute atomic E-state index is 0.248. The summed E-state index contributed by atoms with van der Waals surface area (Å²) in [4.78, 5) is 6.74. The summed E-state index contributed by atoms with van der Waals surface area (Å²) in [5, 5.41) is 3.60. The van der Waals surface area contributed by atoms with Crippen LogP contribution in [0.15, 0.2) is 18.3 Å². The normalized spacial score (nSPS) is 25.1. The van der Waals surface area contributed by atoms with Gasteiger partial charge < -0.3 is 10.1 Å². The highest BCUT2D eigenvalue weighted by atomic mass is 16.5. The lowest BCUT2D eigenvalue weighted by Gasteiger charge is -2.41. The van der Waals surface area contributed by atoms with Gasteiger partial charge in [-0.3, -0.25) is 4.90 Å². The van der Waals surface area contributed by atoms with Crippen molar-refractivity contribution in [1.29, 1.82) is 0 Å². The molecule has 1 fully saturated rings. The second-order valence-corrected chi connectivity index (χ2v) is 5.26. The van der Waals surface area contributed by atoms with E-state index in [1.165, 1.54) is 5.56 Å². The highest BCUT2D eigenvalue weighted by Crippen LogP contribution is 2.17. The van der Waals surface area contributed by atoms with Crippen LogP contribution < -0.4 is 10.1 Å². The van der Waals surface area contributed by atoms with Gasteiger partial charge in [0.1, 0.15) is 0 Å². The van der Waals surface area contributed by atoms with Crippen molar-refractivity contribution in [2.45, 2.75) is 32.4 Å². The van der Waals surface area contributed by atoms with Crippen molar-refractivity contribution in [3.05, 3.63) is 23.9 Å². The number of hydrogen-bond acceptors (Lipinski definition) is 4. The Morgan fingerprint density at radius 1 is 1.50 bits per heavy atom. The van der Waals surface area contributed by atoms with Gasteiger partial charge in [-0.05, 0) is 18.9 Å². The summed E-state index contributed by atoms with van der Waals surface area (Å²) >= 11 is 0. The monoisotopic (exact) mass is 249 g/mol. The third-order valence-corrected chi connectivity index (χ3v) is 3.75. The Morgan fingerprint density at radius 2 is 2.33 bits per heavy atom. The molecule has 0 aliphatic carbocycles. The molecule has 1 aromatic heterocycles. The third-order valence-electron chi connectivity index (χ3n) is 3.75. The molecule has 4 nitrogen and oxygen atoms in total. The fourth-order valence-corrected chi connectivity index (χ4v) is 2.40. The molecule has 0 amide bonds. The van der Waals surface area contributed by atoms with Crippen LogP contribution >= 0.6 is 0 Å². The third kappa shape index (κ3) is 3.21. The average Bonchev–Trinajstić information content (AvgIpc) is 2.40. The summed E-state index contributed by atoms with van der Waals surface area (Å²) in [6, 6.07) is 4.02. The van der Waals surface area contributed by atoms with Crippen LogP contribution in [-0.4, -0.2) is 42.2 Å². The first kappa shape index (κ1) is 13.3. The molecule has 1 aromatic rings. The molecule has 1 N–H and O–H groups in total. The maximum absolute atomic E-state index is 5.07. The van der Waals surface area contributed by atoms with Crippen LogP contribution in [0.2, 0.25) is 0 Å². The second-order valence-electron chi connectivity index (χ2n) is 5.26. The molecule has 1 aliphatic heterocycles. The minimum atomic E-state index is 0.248. The van der Waals surface area contributed by atoms with Crippen molar-refractivity contribution < 1.29 is 4.74 Å². The fraction of sp³-hybridized carbons (Fsp3) is 0.643. The van der Waals surface area contributed by atoms with Crippen LogP contribution in [0.4, 0.5) is 0 Å². The Morgan fingerprint density at radius 3 is 2.94 bits per heavy atom. The quantitative estimate of drug-likeness (QED) is 0.880. The lowest BCUT2D eigenvalue weighted by molar-refractivity contribution is 0.133. The number of aromatic nitrogens is 1. The number of piperazine rings is 1. The first-order chi connectivity index (χ1) is 8.65. The molecule has 18 heavy (non-hydrogen) atoms. The van der Waals surface area contributed by atoms with Crippen molar-refractivity contribution >= 4 is 0 Å². The molecular weight excluding hydrogens is 226 g/mol. The molecule has 1 saturated heterocycles. The van der Waals surface area contributed by atoms with Crippen LogP contribution in [0.5, 0.6) is 5.88 Å². The summed E-state index contributed by atoms with van der Waals surface area (Å²) in [6.07, 6.45) is 3.06. The Bertz CT molecular complexity index is 379. The summed E-state index contributed by atoms with van der Waals surface area (Å²) < 4.78 is 5.07. The van der Waals surface area contributed by atoms with Crippen LogP contribution in [-0.2, 0) is 6.54 Å². The second kappa shape index (κ2) is 5.67. The molecule has 0 saturated carbocycles. The predicted molar refractivity (Wildman–Crippen MR) is 72.8 cm³/mol. The van der Waals surface area contributed by atoms with E-state index < -0.39 is 0 Å². The number of nitrogens with one attached hydrogen (secondary N) is 1. The van der Waals surface area contributed by atoms with Crippen molar-refractivity contribution in [1.82, 2.24) is 15.2 Å². The largest absolute Gasteiger partial charge is 0.481 e. The van der Waals surface area contributed by atoms with Crippen molar-refractivity contribution in [2.75, 3.05) is 26.7 Å². The van der Waals surface area contributed by atoms with Gasteiger partial charge in [0, 0.05) is 44.0 Å². The molecule has 1 aliphatic rings. The molecule has 0 bridgehead atoms. The number of ether oxygens (including phenoxy) is 1. The van der Waals surface area contributed by atoms with E-state index in [4.69, 9.17) is 4.74 Å². The Labute approximate surface area is 109 Å². The maximum Gasteiger partial charge on any atom is 0.212 e. The molecular formula is C14H23N3O. The summed E-state index contributed by atoms with van der Waals surface area (Å²) in [5.74, 6) is 0.678. The highest BCUT2D eigenvalue weighted by Gasteiger charge is 2.28. The van der Waals surface area contributed by atoms with Gasteiger partial charge in [0.15, 0.2) is 0 Å². The van der Waals surface area contributed by atoms with E-state index in [0.29, 0.717) is 5.88 Å². The molecule has 0 radical (unpaired) electrons. The van der Waals surface area contributed by atoms with Gasteiger partial charge >= 0.3 is 0 Å². The Kier molecular flexibility index (Phi) is 4.19. The Hall–Kier alpha value is -1.13. The smallest absolute Gasteiger partial charge is 0.212 e. The summed E-state index contributed by atoms with van der Waals surface area (Å²) in [6.45, 7) is 8.76. The van der Waals surface area contributed by atoms with E-state index in [-0.39, 0.29) is 5.54 Å². The number of pyridine rings is 1. The maximum atomic E-state index is 5.07. The topological polar surface area (TPSA) is 37.4 Å². The van der Waals surface area contributed by atoms with Gasteiger partial charge in [-0.1, -0.05) is 13.0 Å². The molecule has 1 unspecified atom stereocenters. The zero-order valence-electron chi connectivity index (χ0n) is 11.6. The first-order valence-electron chi connectivity index (χ1n) is 6.61. The number of methoxy groups -OCH3 is 1. The van der Waals surface area contributed by atoms with E-state index in [0.717, 1.165) is 32.6 Å². The number of rotatable bonds is 4. The van der Waals surface area contributed by atoms with Gasteiger partial charge in [-0.25, -0.2) is 4.98 Å². The molecule has 2 heterocycles. The summed E-state index contributed by atoms with van der Waals surface area (Å²) in [5.41, 5.74) is 1.49. The average molecular weight is 249 g/mol. The van der Waals surface area contributed by atoms with Crippen LogP contribution in [0.25, 0.3) is 0 Å². The van der Waals surface area contributed by atoms with Gasteiger partial charge in [-0.2, -0.15) is 0 Å². The van der Waals surface area contributed by atoms with E-state index in [9.17, 15) is 0 Å². The number of nitrogens with zero attached hydrogens (tertiary/aromatic N) is 2. The molecule has 0 spiro atoms. The minimum Gasteiger partial charge on any atom is -0.481 e. The van der Waals surface area contributed by atoms with E-state index in [1.807, 2.05) is 12.3 Å². The van der Waals surface area contributed by atoms with E-state index in [2.05, 4.69) is 35.1 Å². The predicted octanol–water partition coefficient (Wildman–Crippen LogP) is 1.66. The van der Waals surface area contributed by atoms with Crippen molar-refractivity contribution in [3.63, 3.8) is 0 Å². The van der Waals surface area contributed by atoms with E-state index in [1.54, 1.807) is 7.11 Å². The van der Waals surface area contributed by atoms with Crippen molar-refractivity contribution in [3.8, 4) is 5.88 Å². The lowest BCUT2D eigenvalue weighted by Crippen LogP contribution is -2.58. The molecule has 100 valence electrons. The van der Waals surface area contributed by atoms with Crippen molar-refractivity contribution in [2.24, 2.45) is 0 Å². The number of hydrogen-bond donors (Lipinski definition) is 1. The molecule has 4 heteroatoms. The van der Waals surface area contributed by atoms with E-state index >= 15 is 0 Å². The lowest BCUT2D eigenvalue weighted by atomic mass is 9.95. The molecule has 2 rings (SSSR count). The van der Waals surface area contributed by atoms with Crippen LogP contribution in [0, 0.1) is 0 Å². The van der Waals surface area contributed by atoms with Gasteiger partial charge in [0.05, 0.1) is 7.11 Å². The van der Waals surface area contributed by atoms with Crippen LogP contribution in [0.3, 0.4) is 0 Å². The Balaban J connectivity index is 1.96. The van der Waals surface area contributed by atoms with Crippen LogP contribution in [0.1, 0.15) is 25.8 Å². The highest BCUT2D eigenvalue weighted by molar-refractivity contribution is 5.17. The zero-order chi connectivity index (χ0) is 13.0.